The van der Waals surface area contributed by atoms with Crippen LogP contribution in [0.25, 0.3) is 21.8 Å². The number of benzene rings is 3. The van der Waals surface area contributed by atoms with Crippen LogP contribution < -0.4 is 14.8 Å². The zero-order chi connectivity index (χ0) is 23.5. The average molecular weight is 475 g/mol. The summed E-state index contributed by atoms with van der Waals surface area (Å²) in [5.41, 5.74) is 3.54. The van der Waals surface area contributed by atoms with Crippen LogP contribution in [-0.4, -0.2) is 31.1 Å². The molecule has 5 aromatic rings. The number of nitrogens with zero attached hydrogens (tertiary/aromatic N) is 1. The molecule has 0 spiro atoms. The Hall–Kier alpha value is -3.75. The molecule has 0 unspecified atom stereocenters. The molecule has 0 radical (unpaired) electrons. The number of H-pyrrole nitrogens is 1. The monoisotopic (exact) mass is 474 g/mol. The Morgan fingerprint density at radius 2 is 1.88 bits per heavy atom. The van der Waals surface area contributed by atoms with Gasteiger partial charge in [0.25, 0.3) is 10.0 Å². The third kappa shape index (κ3) is 4.64. The van der Waals surface area contributed by atoms with E-state index < -0.39 is 10.0 Å². The molecule has 3 aromatic carbocycles. The quantitative estimate of drug-likeness (QED) is 0.272. The van der Waals surface area contributed by atoms with Crippen LogP contribution in [0.15, 0.2) is 90.1 Å². The Balaban J connectivity index is 1.17. The Morgan fingerprint density at radius 1 is 1.00 bits per heavy atom. The normalized spacial score (nSPS) is 11.8. The van der Waals surface area contributed by atoms with Gasteiger partial charge in [0.2, 0.25) is 0 Å². The molecule has 0 aliphatic heterocycles. The summed E-state index contributed by atoms with van der Waals surface area (Å²) in [5, 5.41) is 5.30. The summed E-state index contributed by atoms with van der Waals surface area (Å²) < 4.78 is 36.4. The lowest BCUT2D eigenvalue weighted by molar-refractivity contribution is 0.317. The van der Waals surface area contributed by atoms with Gasteiger partial charge >= 0.3 is 0 Å². The number of sulfonamides is 1. The molecule has 2 heterocycles. The highest BCUT2D eigenvalue weighted by Gasteiger charge is 2.15. The second kappa shape index (κ2) is 9.24. The molecule has 0 bridgehead atoms. The lowest BCUT2D eigenvalue weighted by Gasteiger charge is -2.11. The summed E-state index contributed by atoms with van der Waals surface area (Å²) in [6.45, 7) is 1.79. The van der Waals surface area contributed by atoms with Crippen molar-refractivity contribution in [2.24, 2.45) is 7.05 Å². The van der Waals surface area contributed by atoms with Crippen LogP contribution in [0.3, 0.4) is 0 Å². The minimum atomic E-state index is -3.69. The Kier molecular flexibility index (Phi) is 6.00. The standard InChI is InChI=1S/C26H26N4O3S/c1-30-14-11-20-17-22(8-9-25(20)30)34(31,32)29-21-5-2-4-19(16-21)18-27-13-15-33-26-7-3-6-24-23(26)10-12-28-24/h2-12,14,16-17,27-29H,13,15,18H2,1H3. The Bertz CT molecular complexity index is 1550. The van der Waals surface area contributed by atoms with Crippen LogP contribution in [0.4, 0.5) is 5.69 Å². The summed E-state index contributed by atoms with van der Waals surface area (Å²) in [4.78, 5) is 3.42. The number of anilines is 1. The fraction of sp³-hybridized carbons (Fsp3) is 0.154. The van der Waals surface area contributed by atoms with Crippen LogP contribution in [0, 0.1) is 0 Å². The van der Waals surface area contributed by atoms with E-state index in [2.05, 4.69) is 15.0 Å². The lowest BCUT2D eigenvalue weighted by Crippen LogP contribution is -2.20. The molecule has 7 nitrogen and oxygen atoms in total. The van der Waals surface area contributed by atoms with Crippen molar-refractivity contribution in [3.63, 3.8) is 0 Å². The van der Waals surface area contributed by atoms with Gasteiger partial charge < -0.3 is 19.6 Å². The number of fused-ring (bicyclic) bond motifs is 2. The van der Waals surface area contributed by atoms with Crippen LogP contribution >= 0.6 is 0 Å². The maximum atomic E-state index is 12.9. The van der Waals surface area contributed by atoms with E-state index in [0.29, 0.717) is 25.4 Å². The van der Waals surface area contributed by atoms with Crippen molar-refractivity contribution in [2.75, 3.05) is 17.9 Å². The van der Waals surface area contributed by atoms with Crippen LogP contribution in [-0.2, 0) is 23.6 Å². The number of aromatic nitrogens is 2. The van der Waals surface area contributed by atoms with E-state index in [4.69, 9.17) is 4.74 Å². The van der Waals surface area contributed by atoms with E-state index >= 15 is 0 Å². The number of aryl methyl sites for hydroxylation is 1. The van der Waals surface area contributed by atoms with E-state index in [1.165, 1.54) is 0 Å². The minimum absolute atomic E-state index is 0.240. The van der Waals surface area contributed by atoms with Crippen LogP contribution in [0.1, 0.15) is 5.56 Å². The molecule has 0 amide bonds. The topological polar surface area (TPSA) is 88.2 Å². The highest BCUT2D eigenvalue weighted by molar-refractivity contribution is 7.92. The zero-order valence-corrected chi connectivity index (χ0v) is 19.6. The van der Waals surface area contributed by atoms with E-state index in [9.17, 15) is 8.42 Å². The predicted octanol–water partition coefficient (Wildman–Crippen LogP) is 4.63. The van der Waals surface area contributed by atoms with Gasteiger partial charge in [-0.15, -0.1) is 0 Å². The summed E-state index contributed by atoms with van der Waals surface area (Å²) in [7, 11) is -1.75. The Labute approximate surface area is 198 Å². The minimum Gasteiger partial charge on any atom is -0.492 e. The molecule has 2 aromatic heterocycles. The van der Waals surface area contributed by atoms with Gasteiger partial charge in [0, 0.05) is 60.0 Å². The van der Waals surface area contributed by atoms with Crippen molar-refractivity contribution in [1.82, 2.24) is 14.9 Å². The molecule has 5 rings (SSSR count). The van der Waals surface area contributed by atoms with Gasteiger partial charge in [-0.05, 0) is 60.2 Å². The SMILES string of the molecule is Cn1ccc2cc(S(=O)(=O)Nc3cccc(CNCCOc4cccc5[nH]ccc45)c3)ccc21. The number of hydrogen-bond acceptors (Lipinski definition) is 4. The lowest BCUT2D eigenvalue weighted by atomic mass is 10.2. The molecule has 3 N–H and O–H groups in total. The van der Waals surface area contributed by atoms with Crippen molar-refractivity contribution in [2.45, 2.75) is 11.4 Å². The third-order valence-electron chi connectivity index (χ3n) is 5.77. The fourth-order valence-corrected chi connectivity index (χ4v) is 5.12. The summed E-state index contributed by atoms with van der Waals surface area (Å²) in [6, 6.07) is 22.4. The molecule has 0 aliphatic carbocycles. The smallest absolute Gasteiger partial charge is 0.261 e. The van der Waals surface area contributed by atoms with E-state index in [-0.39, 0.29) is 4.90 Å². The zero-order valence-electron chi connectivity index (χ0n) is 18.8. The molecule has 174 valence electrons. The molecular formula is C26H26N4O3S. The van der Waals surface area contributed by atoms with Gasteiger partial charge in [-0.1, -0.05) is 18.2 Å². The predicted molar refractivity (Wildman–Crippen MR) is 136 cm³/mol. The molecule has 0 fully saturated rings. The first-order chi connectivity index (χ1) is 16.5. The van der Waals surface area contributed by atoms with E-state index in [1.807, 2.05) is 78.6 Å². The second-order valence-corrected chi connectivity index (χ2v) is 9.86. The first-order valence-electron chi connectivity index (χ1n) is 11.1. The van der Waals surface area contributed by atoms with Crippen molar-refractivity contribution < 1.29 is 13.2 Å². The number of rotatable bonds is 9. The second-order valence-electron chi connectivity index (χ2n) is 8.17. The van der Waals surface area contributed by atoms with E-state index in [0.717, 1.165) is 33.1 Å². The highest BCUT2D eigenvalue weighted by Crippen LogP contribution is 2.24. The fourth-order valence-electron chi connectivity index (χ4n) is 4.03. The molecule has 0 saturated heterocycles. The summed E-state index contributed by atoms with van der Waals surface area (Å²) in [5.74, 6) is 0.852. The summed E-state index contributed by atoms with van der Waals surface area (Å²) >= 11 is 0. The maximum Gasteiger partial charge on any atom is 0.261 e. The number of nitrogens with one attached hydrogen (secondary N) is 3. The number of ether oxygens (including phenoxy) is 1. The van der Waals surface area contributed by atoms with Crippen LogP contribution in [0.2, 0.25) is 0 Å². The van der Waals surface area contributed by atoms with Gasteiger partial charge in [-0.2, -0.15) is 0 Å². The Morgan fingerprint density at radius 3 is 2.79 bits per heavy atom. The summed E-state index contributed by atoms with van der Waals surface area (Å²) in [6.07, 6.45) is 3.81. The van der Waals surface area contributed by atoms with Gasteiger partial charge in [0.05, 0.1) is 4.90 Å². The van der Waals surface area contributed by atoms with Crippen molar-refractivity contribution in [3.05, 3.63) is 90.8 Å². The maximum absolute atomic E-state index is 12.9. The average Bonchev–Trinajstić information content (AvgIpc) is 3.46. The van der Waals surface area contributed by atoms with Crippen molar-refractivity contribution in [3.8, 4) is 5.75 Å². The third-order valence-corrected chi connectivity index (χ3v) is 7.15. The molecule has 0 saturated carbocycles. The van der Waals surface area contributed by atoms with Gasteiger partial charge in [0.15, 0.2) is 0 Å². The van der Waals surface area contributed by atoms with Crippen molar-refractivity contribution >= 4 is 37.5 Å². The first kappa shape index (κ1) is 22.1. The van der Waals surface area contributed by atoms with Crippen LogP contribution in [0.5, 0.6) is 5.75 Å². The highest BCUT2D eigenvalue weighted by atomic mass is 32.2. The van der Waals surface area contributed by atoms with Gasteiger partial charge in [-0.25, -0.2) is 8.42 Å². The largest absolute Gasteiger partial charge is 0.492 e. The first-order valence-corrected chi connectivity index (χ1v) is 12.5. The molecular weight excluding hydrogens is 448 g/mol. The number of hydrogen-bond donors (Lipinski definition) is 3. The van der Waals surface area contributed by atoms with Crippen molar-refractivity contribution in [1.29, 1.82) is 0 Å². The molecule has 34 heavy (non-hydrogen) atoms. The molecule has 8 heteroatoms. The number of aromatic amines is 1. The van der Waals surface area contributed by atoms with Gasteiger partial charge in [0.1, 0.15) is 12.4 Å². The van der Waals surface area contributed by atoms with E-state index in [1.54, 1.807) is 18.2 Å². The van der Waals surface area contributed by atoms with Gasteiger partial charge in [-0.3, -0.25) is 4.72 Å². The molecule has 0 aliphatic rings. The molecule has 0 atom stereocenters.